The minimum Gasteiger partial charge on any atom is -0.377 e. The number of aromatic nitrogens is 7. The highest BCUT2D eigenvalue weighted by Gasteiger charge is 2.45. The summed E-state index contributed by atoms with van der Waals surface area (Å²) in [5.41, 5.74) is -0.172. The molecule has 14 nitrogen and oxygen atoms in total. The van der Waals surface area contributed by atoms with Gasteiger partial charge in [0.05, 0.1) is 31.0 Å². The molecule has 212 valence electrons. The van der Waals surface area contributed by atoms with Gasteiger partial charge in [0.1, 0.15) is 30.0 Å². The first-order chi connectivity index (χ1) is 19.7. The van der Waals surface area contributed by atoms with E-state index in [4.69, 9.17) is 4.74 Å². The maximum Gasteiger partial charge on any atom is 0.332 e. The summed E-state index contributed by atoms with van der Waals surface area (Å²) in [5, 5.41) is 2.78. The average molecular weight is 560 g/mol. The predicted octanol–water partition coefficient (Wildman–Crippen LogP) is 0.620. The second-order valence-corrected chi connectivity index (χ2v) is 10.5. The molecule has 6 rings (SSSR count). The van der Waals surface area contributed by atoms with Crippen molar-refractivity contribution >= 4 is 34.5 Å². The maximum absolute atomic E-state index is 13.3. The van der Waals surface area contributed by atoms with E-state index in [1.807, 2.05) is 0 Å². The molecule has 2 aliphatic rings. The highest BCUT2D eigenvalue weighted by atomic mass is 16.5. The summed E-state index contributed by atoms with van der Waals surface area (Å²) in [4.78, 5) is 71.5. The summed E-state index contributed by atoms with van der Waals surface area (Å²) in [6, 6.07) is 4.29. The number of ether oxygens (including phenoxy) is 1. The van der Waals surface area contributed by atoms with Gasteiger partial charge in [-0.25, -0.2) is 24.7 Å². The number of carbonyl (C=O) groups is 2. The van der Waals surface area contributed by atoms with Crippen molar-refractivity contribution in [1.29, 1.82) is 0 Å². The molecule has 5 heterocycles. The van der Waals surface area contributed by atoms with Gasteiger partial charge in [0.2, 0.25) is 5.91 Å². The van der Waals surface area contributed by atoms with Gasteiger partial charge in [-0.2, -0.15) is 0 Å². The number of Topliss-reactive ketones (excluding diaryl/α,β-unsaturated/α-hetero) is 1. The Bertz CT molecular complexity index is 1760. The third-order valence-electron chi connectivity index (χ3n) is 7.70. The quantitative estimate of drug-likeness (QED) is 0.308. The Balaban J connectivity index is 1.22. The summed E-state index contributed by atoms with van der Waals surface area (Å²) in [6.07, 6.45) is 6.07. The molecule has 4 aromatic rings. The Hall–Kier alpha value is -4.72. The van der Waals surface area contributed by atoms with Gasteiger partial charge in [-0.3, -0.25) is 23.5 Å². The van der Waals surface area contributed by atoms with E-state index in [2.05, 4.69) is 30.2 Å². The van der Waals surface area contributed by atoms with Crippen molar-refractivity contribution in [3.8, 4) is 11.4 Å². The number of nitrogens with one attached hydrogen (secondary N) is 1. The van der Waals surface area contributed by atoms with Gasteiger partial charge in [-0.15, -0.1) is 0 Å². The molecule has 1 amide bonds. The molecular formula is C27H29N9O5. The topological polar surface area (TPSA) is 159 Å². The summed E-state index contributed by atoms with van der Waals surface area (Å²) in [6.45, 7) is 2.95. The summed E-state index contributed by atoms with van der Waals surface area (Å²) in [5.74, 6) is 1.83. The number of ketones is 1. The van der Waals surface area contributed by atoms with Crippen LogP contribution in [0.25, 0.3) is 22.6 Å². The molecule has 1 N–H and O–H groups in total. The highest BCUT2D eigenvalue weighted by molar-refractivity contribution is 5.93. The zero-order valence-electron chi connectivity index (χ0n) is 22.9. The monoisotopic (exact) mass is 559 g/mol. The number of pyridine rings is 1. The number of hydrogen-bond donors (Lipinski definition) is 1. The molecule has 1 aliphatic carbocycles. The Morgan fingerprint density at radius 3 is 2.59 bits per heavy atom. The first kappa shape index (κ1) is 26.5. The van der Waals surface area contributed by atoms with Crippen LogP contribution in [0.15, 0.2) is 46.5 Å². The number of rotatable bonds is 9. The molecular weight excluding hydrogens is 530 g/mol. The van der Waals surface area contributed by atoms with Gasteiger partial charge in [-0.05, 0) is 37.3 Å². The fraction of sp³-hybridized carbons (Fsp3) is 0.407. The molecule has 1 aliphatic heterocycles. The van der Waals surface area contributed by atoms with Crippen LogP contribution in [0.5, 0.6) is 0 Å². The van der Waals surface area contributed by atoms with Gasteiger partial charge < -0.3 is 19.5 Å². The van der Waals surface area contributed by atoms with Gasteiger partial charge in [-0.1, -0.05) is 6.07 Å². The van der Waals surface area contributed by atoms with Crippen LogP contribution < -0.4 is 21.5 Å². The normalized spacial score (nSPS) is 18.4. The van der Waals surface area contributed by atoms with Crippen molar-refractivity contribution in [1.82, 2.24) is 33.6 Å². The average Bonchev–Trinajstić information content (AvgIpc) is 3.35. The molecule has 0 bridgehead atoms. The molecule has 4 aromatic heterocycles. The summed E-state index contributed by atoms with van der Waals surface area (Å²) < 4.78 is 8.18. The van der Waals surface area contributed by atoms with Crippen LogP contribution in [0, 0.1) is 11.8 Å². The molecule has 0 radical (unpaired) electrons. The highest BCUT2D eigenvalue weighted by Crippen LogP contribution is 2.45. The fourth-order valence-corrected chi connectivity index (χ4v) is 5.31. The van der Waals surface area contributed by atoms with E-state index in [1.54, 1.807) is 37.5 Å². The lowest BCUT2D eigenvalue weighted by Crippen LogP contribution is -2.42. The lowest BCUT2D eigenvalue weighted by Gasteiger charge is -2.18. The predicted molar refractivity (Wildman–Crippen MR) is 149 cm³/mol. The van der Waals surface area contributed by atoms with Crippen LogP contribution in [-0.4, -0.2) is 72.1 Å². The third-order valence-corrected chi connectivity index (χ3v) is 7.70. The van der Waals surface area contributed by atoms with Crippen LogP contribution in [-0.2, 0) is 27.9 Å². The van der Waals surface area contributed by atoms with E-state index in [9.17, 15) is 19.2 Å². The summed E-state index contributed by atoms with van der Waals surface area (Å²) >= 11 is 0. The standard InChI is InChI=1S/C27H29N9O5/c1-15(36-14-30-24-23(36)26(39)35(27(40)33(24)2)12-18(37)13-41-3)25(38)32-21-6-4-5-19(31-21)20-8-29-22(9-28-20)34-10-16-7-17(16)11-34/h4-6,8-9,14-17H,7,10-13H2,1-3H3,(H,31,32,38). The molecule has 0 spiro atoms. The zero-order valence-corrected chi connectivity index (χ0v) is 22.9. The molecule has 3 unspecified atom stereocenters. The lowest BCUT2D eigenvalue weighted by molar-refractivity contribution is -0.123. The number of hydrogen-bond acceptors (Lipinski definition) is 10. The molecule has 1 saturated heterocycles. The molecule has 0 aromatic carbocycles. The van der Waals surface area contributed by atoms with Crippen molar-refractivity contribution in [3.05, 3.63) is 57.8 Å². The van der Waals surface area contributed by atoms with Crippen LogP contribution in [0.4, 0.5) is 11.6 Å². The van der Waals surface area contributed by atoms with Gasteiger partial charge in [0.25, 0.3) is 5.56 Å². The number of piperidine rings is 1. The first-order valence-electron chi connectivity index (χ1n) is 13.3. The van der Waals surface area contributed by atoms with Crippen LogP contribution in [0.2, 0.25) is 0 Å². The van der Waals surface area contributed by atoms with Crippen LogP contribution >= 0.6 is 0 Å². The van der Waals surface area contributed by atoms with Crippen molar-refractivity contribution in [2.24, 2.45) is 18.9 Å². The van der Waals surface area contributed by atoms with Gasteiger partial charge in [0, 0.05) is 27.2 Å². The maximum atomic E-state index is 13.3. The molecule has 2 fully saturated rings. The Morgan fingerprint density at radius 1 is 1.10 bits per heavy atom. The zero-order chi connectivity index (χ0) is 28.8. The van der Waals surface area contributed by atoms with E-state index in [0.29, 0.717) is 17.2 Å². The van der Waals surface area contributed by atoms with E-state index in [1.165, 1.54) is 36.0 Å². The number of fused-ring (bicyclic) bond motifs is 2. The molecule has 1 saturated carbocycles. The lowest BCUT2D eigenvalue weighted by atomic mass is 10.2. The second-order valence-electron chi connectivity index (χ2n) is 10.5. The van der Waals surface area contributed by atoms with Crippen LogP contribution in [0.1, 0.15) is 19.4 Å². The summed E-state index contributed by atoms with van der Waals surface area (Å²) in [7, 11) is 2.80. The number of aryl methyl sites for hydroxylation is 1. The van der Waals surface area contributed by atoms with E-state index >= 15 is 0 Å². The van der Waals surface area contributed by atoms with E-state index in [-0.39, 0.29) is 17.8 Å². The van der Waals surface area contributed by atoms with Crippen LogP contribution in [0.3, 0.4) is 0 Å². The Kier molecular flexibility index (Phi) is 6.69. The van der Waals surface area contributed by atoms with Crippen molar-refractivity contribution in [2.75, 3.05) is 37.0 Å². The molecule has 3 atom stereocenters. The van der Waals surface area contributed by atoms with Crippen molar-refractivity contribution in [2.45, 2.75) is 25.9 Å². The van der Waals surface area contributed by atoms with E-state index < -0.39 is 35.5 Å². The first-order valence-corrected chi connectivity index (χ1v) is 13.3. The largest absolute Gasteiger partial charge is 0.377 e. The number of carbonyl (C=O) groups excluding carboxylic acids is 2. The van der Waals surface area contributed by atoms with Crippen molar-refractivity contribution in [3.63, 3.8) is 0 Å². The molecule has 41 heavy (non-hydrogen) atoms. The SMILES string of the molecule is COCC(=O)Cn1c(=O)c2c(ncn2C(C)C(=O)Nc2cccc(-c3cnc(N4CC5CC5C4)cn3)n2)n(C)c1=O. The Morgan fingerprint density at radius 2 is 1.88 bits per heavy atom. The Labute approximate surface area is 233 Å². The number of amides is 1. The minimum absolute atomic E-state index is 0.0207. The van der Waals surface area contributed by atoms with E-state index in [0.717, 1.165) is 35.3 Å². The number of methoxy groups -OCH3 is 1. The third kappa shape index (κ3) is 4.90. The molecule has 14 heteroatoms. The van der Waals surface area contributed by atoms with Crippen molar-refractivity contribution < 1.29 is 14.3 Å². The smallest absolute Gasteiger partial charge is 0.332 e. The number of anilines is 2. The van der Waals surface area contributed by atoms with Gasteiger partial charge >= 0.3 is 5.69 Å². The number of nitrogens with zero attached hydrogens (tertiary/aromatic N) is 8. The minimum atomic E-state index is -0.899. The van der Waals surface area contributed by atoms with Gasteiger partial charge in [0.15, 0.2) is 16.9 Å². The fourth-order valence-electron chi connectivity index (χ4n) is 5.31. The second kappa shape index (κ2) is 10.4. The number of imidazole rings is 1.